The van der Waals surface area contributed by atoms with Crippen LogP contribution in [0, 0.1) is 3.57 Å². The highest BCUT2D eigenvalue weighted by Crippen LogP contribution is 2.37. The van der Waals surface area contributed by atoms with Gasteiger partial charge in [-0.2, -0.15) is 0 Å². The average Bonchev–Trinajstić information content (AvgIpc) is 2.81. The molecule has 0 aliphatic heterocycles. The number of rotatable bonds is 5. The first kappa shape index (κ1) is 16.1. The third-order valence-electron chi connectivity index (χ3n) is 4.45. The Morgan fingerprint density at radius 1 is 1.25 bits per heavy atom. The van der Waals surface area contributed by atoms with Crippen molar-refractivity contribution in [3.05, 3.63) is 27.6 Å². The Labute approximate surface area is 140 Å². The van der Waals surface area contributed by atoms with E-state index in [1.807, 2.05) is 6.92 Å². The molecule has 0 radical (unpaired) electrons. The van der Waals surface area contributed by atoms with E-state index < -0.39 is 0 Å². The highest BCUT2D eigenvalue weighted by atomic mass is 127. The van der Waals surface area contributed by atoms with Crippen LogP contribution >= 0.6 is 34.2 Å². The normalized spacial score (nSPS) is 13.9. The van der Waals surface area contributed by atoms with Gasteiger partial charge in [0.2, 0.25) is 0 Å². The number of hydrogen-bond donors (Lipinski definition) is 0. The van der Waals surface area contributed by atoms with Gasteiger partial charge in [-0.05, 0) is 67.0 Å². The first-order chi connectivity index (χ1) is 9.49. The van der Waals surface area contributed by atoms with Crippen molar-refractivity contribution in [1.82, 2.24) is 9.55 Å². The van der Waals surface area contributed by atoms with Gasteiger partial charge in [-0.25, -0.2) is 4.98 Å². The van der Waals surface area contributed by atoms with Gasteiger partial charge in [-0.3, -0.25) is 0 Å². The van der Waals surface area contributed by atoms with Crippen LogP contribution in [-0.2, 0) is 5.54 Å². The van der Waals surface area contributed by atoms with E-state index >= 15 is 0 Å². The maximum absolute atomic E-state index is 6.41. The maximum Gasteiger partial charge on any atom is 0.128 e. The molecule has 0 saturated heterocycles. The minimum absolute atomic E-state index is 0.0795. The van der Waals surface area contributed by atoms with Crippen LogP contribution in [0.4, 0.5) is 0 Å². The van der Waals surface area contributed by atoms with E-state index in [4.69, 9.17) is 16.6 Å². The van der Waals surface area contributed by atoms with E-state index in [-0.39, 0.29) is 10.9 Å². The fraction of sp³-hybridized carbons (Fsp3) is 0.562. The Morgan fingerprint density at radius 3 is 2.35 bits per heavy atom. The molecule has 1 aromatic carbocycles. The molecule has 0 aliphatic rings. The van der Waals surface area contributed by atoms with Crippen molar-refractivity contribution in [2.24, 2.45) is 0 Å². The van der Waals surface area contributed by atoms with E-state index in [2.05, 4.69) is 66.1 Å². The molecule has 2 aromatic rings. The summed E-state index contributed by atoms with van der Waals surface area (Å²) >= 11 is 8.74. The molecule has 0 N–H and O–H groups in total. The van der Waals surface area contributed by atoms with Crippen LogP contribution in [0.25, 0.3) is 11.0 Å². The molecule has 0 fully saturated rings. The summed E-state index contributed by atoms with van der Waals surface area (Å²) in [6, 6.07) is 6.47. The van der Waals surface area contributed by atoms with Gasteiger partial charge in [0.1, 0.15) is 5.82 Å². The highest BCUT2D eigenvalue weighted by molar-refractivity contribution is 14.1. The number of halogens is 2. The second kappa shape index (κ2) is 6.22. The number of aromatic nitrogens is 2. The fourth-order valence-corrected chi connectivity index (χ4v) is 3.68. The van der Waals surface area contributed by atoms with E-state index in [1.165, 1.54) is 9.09 Å². The number of hydrogen-bond acceptors (Lipinski definition) is 1. The van der Waals surface area contributed by atoms with Gasteiger partial charge < -0.3 is 4.57 Å². The molecule has 0 amide bonds. The second-order valence-electron chi connectivity index (χ2n) is 5.34. The van der Waals surface area contributed by atoms with Crippen molar-refractivity contribution in [2.75, 3.05) is 0 Å². The summed E-state index contributed by atoms with van der Waals surface area (Å²) in [4.78, 5) is 4.81. The first-order valence-corrected chi connectivity index (χ1v) is 8.83. The van der Waals surface area contributed by atoms with E-state index in [9.17, 15) is 0 Å². The van der Waals surface area contributed by atoms with Crippen LogP contribution in [-0.4, -0.2) is 9.55 Å². The lowest BCUT2D eigenvalue weighted by atomic mass is 9.89. The minimum atomic E-state index is -0.0795. The van der Waals surface area contributed by atoms with Gasteiger partial charge in [-0.15, -0.1) is 11.6 Å². The molecule has 110 valence electrons. The molecule has 1 unspecified atom stereocenters. The van der Waals surface area contributed by atoms with Crippen molar-refractivity contribution in [2.45, 2.75) is 57.9 Å². The molecule has 2 nitrogen and oxygen atoms in total. The second-order valence-corrected chi connectivity index (χ2v) is 7.24. The fourth-order valence-electron chi connectivity index (χ4n) is 3.06. The number of nitrogens with zero attached hydrogens (tertiary/aromatic N) is 2. The maximum atomic E-state index is 6.41. The molecule has 0 spiro atoms. The molecule has 1 heterocycles. The lowest BCUT2D eigenvalue weighted by Crippen LogP contribution is -2.33. The average molecular weight is 405 g/mol. The van der Waals surface area contributed by atoms with Crippen LogP contribution in [0.15, 0.2) is 18.2 Å². The molecular formula is C16H22ClIN2. The Morgan fingerprint density at radius 2 is 1.85 bits per heavy atom. The van der Waals surface area contributed by atoms with Crippen LogP contribution in [0.1, 0.15) is 58.2 Å². The lowest BCUT2D eigenvalue weighted by Gasteiger charge is -2.35. The van der Waals surface area contributed by atoms with E-state index in [0.29, 0.717) is 0 Å². The van der Waals surface area contributed by atoms with Gasteiger partial charge in [-0.1, -0.05) is 20.8 Å². The summed E-state index contributed by atoms with van der Waals surface area (Å²) in [6.45, 7) is 8.78. The van der Waals surface area contributed by atoms with Gasteiger partial charge in [0.05, 0.1) is 16.4 Å². The third-order valence-corrected chi connectivity index (χ3v) is 5.31. The smallest absolute Gasteiger partial charge is 0.128 e. The van der Waals surface area contributed by atoms with Crippen LogP contribution in [0.5, 0.6) is 0 Å². The summed E-state index contributed by atoms with van der Waals surface area (Å²) < 4.78 is 3.61. The summed E-state index contributed by atoms with van der Waals surface area (Å²) in [5, 5.41) is -0.0795. The Hall–Kier alpha value is -0.290. The summed E-state index contributed by atoms with van der Waals surface area (Å²) in [7, 11) is 0. The number of benzene rings is 1. The van der Waals surface area contributed by atoms with Crippen molar-refractivity contribution in [1.29, 1.82) is 0 Å². The van der Waals surface area contributed by atoms with Gasteiger partial charge in [0.15, 0.2) is 0 Å². The zero-order chi connectivity index (χ0) is 14.9. The van der Waals surface area contributed by atoms with Crippen LogP contribution in [0.2, 0.25) is 0 Å². The highest BCUT2D eigenvalue weighted by Gasteiger charge is 2.31. The largest absolute Gasteiger partial charge is 0.321 e. The Balaban J connectivity index is 2.80. The Kier molecular flexibility index (Phi) is 5.00. The monoisotopic (exact) mass is 404 g/mol. The number of fused-ring (bicyclic) bond motifs is 1. The predicted octanol–water partition coefficient (Wildman–Crippen LogP) is 5.87. The number of imidazole rings is 1. The Bertz CT molecular complexity index is 592. The summed E-state index contributed by atoms with van der Waals surface area (Å²) in [6.07, 6.45) is 3.27. The van der Waals surface area contributed by atoms with Crippen molar-refractivity contribution < 1.29 is 0 Å². The minimum Gasteiger partial charge on any atom is -0.321 e. The quantitative estimate of drug-likeness (QED) is 0.450. The van der Waals surface area contributed by atoms with Crippen molar-refractivity contribution in [3.63, 3.8) is 0 Å². The molecule has 0 saturated carbocycles. The van der Waals surface area contributed by atoms with Gasteiger partial charge >= 0.3 is 0 Å². The predicted molar refractivity (Wildman–Crippen MR) is 95.6 cm³/mol. The van der Waals surface area contributed by atoms with E-state index in [0.717, 1.165) is 30.6 Å². The molecule has 20 heavy (non-hydrogen) atoms. The van der Waals surface area contributed by atoms with Crippen LogP contribution < -0.4 is 0 Å². The van der Waals surface area contributed by atoms with E-state index in [1.54, 1.807) is 0 Å². The molecule has 0 bridgehead atoms. The third kappa shape index (κ3) is 2.59. The first-order valence-electron chi connectivity index (χ1n) is 7.31. The zero-order valence-electron chi connectivity index (χ0n) is 12.6. The van der Waals surface area contributed by atoms with Gasteiger partial charge in [0.25, 0.3) is 0 Å². The molecule has 1 aromatic heterocycles. The molecule has 4 heteroatoms. The standard InChI is InChI=1S/C16H22ClIN2/c1-5-16(6-2,7-3)20-14-9-8-12(18)10-13(14)19-15(20)11(4)17/h8-11H,5-7H2,1-4H3. The summed E-state index contributed by atoms with van der Waals surface area (Å²) in [5.41, 5.74) is 2.37. The lowest BCUT2D eigenvalue weighted by molar-refractivity contribution is 0.251. The molecule has 2 rings (SSSR count). The SMILES string of the molecule is CCC(CC)(CC)n1c(C(C)Cl)nc2cc(I)ccc21. The zero-order valence-corrected chi connectivity index (χ0v) is 15.5. The van der Waals surface area contributed by atoms with Crippen LogP contribution in [0.3, 0.4) is 0 Å². The van der Waals surface area contributed by atoms with Gasteiger partial charge in [0, 0.05) is 9.11 Å². The topological polar surface area (TPSA) is 17.8 Å². The number of alkyl halides is 1. The molecular weight excluding hydrogens is 383 g/mol. The van der Waals surface area contributed by atoms with Crippen molar-refractivity contribution >= 4 is 45.2 Å². The van der Waals surface area contributed by atoms with Crippen molar-refractivity contribution in [3.8, 4) is 0 Å². The molecule has 0 aliphatic carbocycles. The molecule has 1 atom stereocenters. The summed E-state index contributed by atoms with van der Waals surface area (Å²) in [5.74, 6) is 0.995.